The lowest BCUT2D eigenvalue weighted by Crippen LogP contribution is -2.42. The summed E-state index contributed by atoms with van der Waals surface area (Å²) in [6.45, 7) is 3.34. The minimum Gasteiger partial charge on any atom is -0.487 e. The average molecular weight is 445 g/mol. The molecule has 6 nitrogen and oxygen atoms in total. The Balaban J connectivity index is 1.67. The Hall–Kier alpha value is -3.07. The Bertz CT molecular complexity index is 1280. The molecule has 1 N–H and O–H groups in total. The van der Waals surface area contributed by atoms with E-state index in [2.05, 4.69) is 10.4 Å². The maximum absolute atomic E-state index is 14.2. The van der Waals surface area contributed by atoms with Gasteiger partial charge in [-0.3, -0.25) is 4.79 Å². The van der Waals surface area contributed by atoms with Gasteiger partial charge in [0.25, 0.3) is 5.56 Å². The first-order valence-electron chi connectivity index (χ1n) is 10.3. The molecule has 3 heterocycles. The van der Waals surface area contributed by atoms with Crippen LogP contribution in [0.5, 0.6) is 5.75 Å². The zero-order valence-electron chi connectivity index (χ0n) is 17.8. The molecule has 1 saturated heterocycles. The first-order valence-corrected chi connectivity index (χ1v) is 10.3. The van der Waals surface area contributed by atoms with Crippen LogP contribution in [0.1, 0.15) is 31.0 Å². The highest BCUT2D eigenvalue weighted by Gasteiger charge is 2.71. The maximum Gasteiger partial charge on any atom is 0.422 e. The van der Waals surface area contributed by atoms with Gasteiger partial charge >= 0.3 is 6.18 Å². The second-order valence-corrected chi connectivity index (χ2v) is 8.97. The van der Waals surface area contributed by atoms with Crippen molar-refractivity contribution in [1.82, 2.24) is 9.78 Å². The van der Waals surface area contributed by atoms with Gasteiger partial charge in [0, 0.05) is 30.1 Å². The molecule has 5 rings (SSSR count). The van der Waals surface area contributed by atoms with Gasteiger partial charge in [0.15, 0.2) is 0 Å². The number of benzene rings is 2. The van der Waals surface area contributed by atoms with Gasteiger partial charge in [-0.1, -0.05) is 24.3 Å². The molecule has 2 aromatic carbocycles. The second-order valence-electron chi connectivity index (χ2n) is 8.97. The average Bonchev–Trinajstić information content (AvgIpc) is 3.46. The molecule has 9 heteroatoms. The molecule has 0 spiro atoms. The third kappa shape index (κ3) is 3.14. The molecule has 0 aliphatic carbocycles. The van der Waals surface area contributed by atoms with Crippen LogP contribution in [0.15, 0.2) is 47.4 Å². The van der Waals surface area contributed by atoms with E-state index in [1.165, 1.54) is 17.9 Å². The monoisotopic (exact) mass is 445 g/mol. The van der Waals surface area contributed by atoms with Crippen LogP contribution in [0.25, 0.3) is 10.8 Å². The van der Waals surface area contributed by atoms with Crippen molar-refractivity contribution >= 4 is 16.5 Å². The van der Waals surface area contributed by atoms with Crippen molar-refractivity contribution in [3.05, 3.63) is 64.1 Å². The molecule has 32 heavy (non-hydrogen) atoms. The van der Waals surface area contributed by atoms with Gasteiger partial charge in [0.2, 0.25) is 5.60 Å². The zero-order chi connectivity index (χ0) is 22.9. The third-order valence-corrected chi connectivity index (χ3v) is 6.12. The molecule has 168 valence electrons. The van der Waals surface area contributed by atoms with Crippen molar-refractivity contribution in [3.8, 4) is 5.75 Å². The highest BCUT2D eigenvalue weighted by molar-refractivity contribution is 5.92. The Kier molecular flexibility index (Phi) is 4.37. The number of epoxide rings is 1. The molecule has 2 unspecified atom stereocenters. The molecule has 2 aliphatic rings. The molecular weight excluding hydrogens is 423 g/mol. The first kappa shape index (κ1) is 20.8. The summed E-state index contributed by atoms with van der Waals surface area (Å²) in [6, 6.07) is 8.85. The summed E-state index contributed by atoms with van der Waals surface area (Å²) in [5, 5.41) is 7.87. The van der Waals surface area contributed by atoms with Crippen LogP contribution in [0.2, 0.25) is 0 Å². The summed E-state index contributed by atoms with van der Waals surface area (Å²) in [5.74, 6) is 0.448. The van der Waals surface area contributed by atoms with Crippen molar-refractivity contribution < 1.29 is 22.6 Å². The molecular formula is C23H22F3N3O3. The van der Waals surface area contributed by atoms with Crippen LogP contribution in [0, 0.1) is 0 Å². The highest BCUT2D eigenvalue weighted by Crippen LogP contribution is 2.55. The summed E-state index contributed by atoms with van der Waals surface area (Å²) >= 11 is 0. The number of hydrogen-bond acceptors (Lipinski definition) is 5. The van der Waals surface area contributed by atoms with E-state index in [0.29, 0.717) is 34.2 Å². The van der Waals surface area contributed by atoms with Crippen LogP contribution < -0.4 is 15.6 Å². The predicted molar refractivity (Wildman–Crippen MR) is 113 cm³/mol. The standard InChI is InChI=1S/C23H22F3N3O3/c1-21(2)10-13-6-4-8-15(18(13)32-21)19(22(12-31-22)23(24,25)26)28-17-9-5-7-14-16(17)11-27-29(3)20(14)30/h4-9,11,19,28H,10,12H2,1-3H3. The van der Waals surface area contributed by atoms with E-state index >= 15 is 0 Å². The van der Waals surface area contributed by atoms with Crippen molar-refractivity contribution in [3.63, 3.8) is 0 Å². The number of hydrogen-bond donors (Lipinski definition) is 1. The van der Waals surface area contributed by atoms with E-state index in [4.69, 9.17) is 9.47 Å². The first-order chi connectivity index (χ1) is 15.0. The predicted octanol–water partition coefficient (Wildman–Crippen LogP) is 4.13. The van der Waals surface area contributed by atoms with Crippen LogP contribution in [0.3, 0.4) is 0 Å². The van der Waals surface area contributed by atoms with Crippen LogP contribution in [-0.4, -0.2) is 33.8 Å². The van der Waals surface area contributed by atoms with Gasteiger partial charge in [-0.2, -0.15) is 18.3 Å². The van der Waals surface area contributed by atoms with Gasteiger partial charge in [-0.15, -0.1) is 0 Å². The number of nitrogens with one attached hydrogen (secondary N) is 1. The fourth-order valence-corrected chi connectivity index (χ4v) is 4.43. The summed E-state index contributed by atoms with van der Waals surface area (Å²) in [4.78, 5) is 12.5. The van der Waals surface area contributed by atoms with Crippen LogP contribution in [0.4, 0.5) is 18.9 Å². The number of alkyl halides is 3. The van der Waals surface area contributed by atoms with E-state index in [0.717, 1.165) is 5.56 Å². The van der Waals surface area contributed by atoms with Crippen molar-refractivity contribution in [2.45, 2.75) is 43.7 Å². The Labute approximate surface area is 181 Å². The summed E-state index contributed by atoms with van der Waals surface area (Å²) in [6.07, 6.45) is -2.54. The number of para-hydroxylation sites is 1. The number of halogens is 3. The fourth-order valence-electron chi connectivity index (χ4n) is 4.43. The molecule has 1 aromatic heterocycles. The zero-order valence-corrected chi connectivity index (χ0v) is 17.8. The van der Waals surface area contributed by atoms with E-state index < -0.39 is 30.0 Å². The number of nitrogens with zero attached hydrogens (tertiary/aromatic N) is 2. The van der Waals surface area contributed by atoms with Crippen molar-refractivity contribution in [2.75, 3.05) is 11.9 Å². The number of rotatable bonds is 4. The van der Waals surface area contributed by atoms with E-state index in [1.54, 1.807) is 30.3 Å². The molecule has 2 aliphatic heterocycles. The molecule has 0 amide bonds. The lowest BCUT2D eigenvalue weighted by Gasteiger charge is -2.30. The van der Waals surface area contributed by atoms with Gasteiger partial charge in [0.05, 0.1) is 24.2 Å². The number of fused-ring (bicyclic) bond motifs is 2. The lowest BCUT2D eigenvalue weighted by molar-refractivity contribution is -0.188. The van der Waals surface area contributed by atoms with E-state index in [-0.39, 0.29) is 5.56 Å². The molecule has 3 aromatic rings. The molecule has 0 radical (unpaired) electrons. The largest absolute Gasteiger partial charge is 0.487 e. The number of anilines is 1. The van der Waals surface area contributed by atoms with Crippen molar-refractivity contribution in [1.29, 1.82) is 0 Å². The summed E-state index contributed by atoms with van der Waals surface area (Å²) in [5.41, 5.74) is -1.65. The minimum absolute atomic E-state index is 0.332. The molecule has 2 atom stereocenters. The fraction of sp³-hybridized carbons (Fsp3) is 0.391. The Morgan fingerprint density at radius 3 is 2.56 bits per heavy atom. The maximum atomic E-state index is 14.2. The molecule has 1 fully saturated rings. The van der Waals surface area contributed by atoms with Gasteiger partial charge in [-0.25, -0.2) is 4.68 Å². The van der Waals surface area contributed by atoms with Crippen LogP contribution in [-0.2, 0) is 18.2 Å². The Morgan fingerprint density at radius 1 is 1.16 bits per heavy atom. The number of aryl methyl sites for hydroxylation is 1. The highest BCUT2D eigenvalue weighted by atomic mass is 19.4. The Morgan fingerprint density at radius 2 is 1.88 bits per heavy atom. The SMILES string of the molecule is Cn1ncc2c(NC(c3cccc4c3OC(C)(C)C4)C3(C(F)(F)F)CO3)cccc2c1=O. The van der Waals surface area contributed by atoms with Gasteiger partial charge < -0.3 is 14.8 Å². The third-order valence-electron chi connectivity index (χ3n) is 6.12. The summed E-state index contributed by atoms with van der Waals surface area (Å²) in [7, 11) is 1.52. The quantitative estimate of drug-likeness (QED) is 0.612. The van der Waals surface area contributed by atoms with Crippen LogP contribution >= 0.6 is 0 Å². The lowest BCUT2D eigenvalue weighted by atomic mass is 9.89. The number of aromatic nitrogens is 2. The number of ether oxygens (including phenoxy) is 2. The van der Waals surface area contributed by atoms with E-state index in [9.17, 15) is 18.0 Å². The topological polar surface area (TPSA) is 68.7 Å². The van der Waals surface area contributed by atoms with Crippen molar-refractivity contribution in [2.24, 2.45) is 7.05 Å². The normalized spacial score (nSPS) is 22.3. The van der Waals surface area contributed by atoms with Gasteiger partial charge in [-0.05, 0) is 31.5 Å². The summed E-state index contributed by atoms with van der Waals surface area (Å²) < 4.78 is 54.9. The minimum atomic E-state index is -4.61. The molecule has 0 saturated carbocycles. The van der Waals surface area contributed by atoms with Gasteiger partial charge in [0.1, 0.15) is 11.4 Å². The smallest absolute Gasteiger partial charge is 0.422 e. The molecule has 0 bridgehead atoms. The second kappa shape index (κ2) is 6.71. The van der Waals surface area contributed by atoms with E-state index in [1.807, 2.05) is 19.9 Å².